The Hall–Kier alpha value is -3.23. The van der Waals surface area contributed by atoms with E-state index in [1.54, 1.807) is 36.4 Å². The first-order valence-corrected chi connectivity index (χ1v) is 9.24. The van der Waals surface area contributed by atoms with Crippen molar-refractivity contribution in [2.24, 2.45) is 5.90 Å². The smallest absolute Gasteiger partial charge is 0.354 e. The third-order valence-electron chi connectivity index (χ3n) is 4.18. The van der Waals surface area contributed by atoms with Crippen LogP contribution in [0.2, 0.25) is 5.02 Å². The summed E-state index contributed by atoms with van der Waals surface area (Å²) in [6.07, 6.45) is 0. The second-order valence-electron chi connectivity index (χ2n) is 6.93. The molecule has 1 atom stereocenters. The Morgan fingerprint density at radius 3 is 1.93 bits per heavy atom. The Labute approximate surface area is 178 Å². The number of carbonyl (C=O) groups is 4. The van der Waals surface area contributed by atoms with Crippen LogP contribution in [0.5, 0.6) is 5.75 Å². The predicted molar refractivity (Wildman–Crippen MR) is 109 cm³/mol. The third-order valence-corrected chi connectivity index (χ3v) is 4.43. The molecule has 0 spiro atoms. The van der Waals surface area contributed by atoms with E-state index in [9.17, 15) is 19.2 Å². The summed E-state index contributed by atoms with van der Waals surface area (Å²) in [5, 5.41) is 2.78. The number of hydrogen-bond donors (Lipinski definition) is 2. The van der Waals surface area contributed by atoms with Crippen LogP contribution in [-0.2, 0) is 19.2 Å². The summed E-state index contributed by atoms with van der Waals surface area (Å²) in [7, 11) is 0. The van der Waals surface area contributed by atoms with Gasteiger partial charge in [0, 0.05) is 16.1 Å². The van der Waals surface area contributed by atoms with Gasteiger partial charge >= 0.3 is 5.97 Å². The van der Waals surface area contributed by atoms with Crippen LogP contribution in [0.4, 0.5) is 0 Å². The SMILES string of the molecule is CC(=O)C(NC(=O)C(C)(C)Oc1ccc(C(=O)c2ccc(Cl)cc2)cc1)C(=O)ON. The minimum Gasteiger partial charge on any atom is -0.478 e. The first-order valence-electron chi connectivity index (χ1n) is 8.86. The van der Waals surface area contributed by atoms with Gasteiger partial charge in [-0.05, 0) is 69.3 Å². The molecular weight excluding hydrogens is 412 g/mol. The van der Waals surface area contributed by atoms with Crippen molar-refractivity contribution < 1.29 is 28.8 Å². The standard InChI is InChI=1S/C21H21ClN2O6/c1-12(25)17(19(27)30-23)24-20(28)21(2,3)29-16-10-6-14(7-11-16)18(26)13-4-8-15(22)9-5-13/h4-11,17H,23H2,1-3H3,(H,24,28). The molecule has 0 bridgehead atoms. The highest BCUT2D eigenvalue weighted by molar-refractivity contribution is 6.30. The maximum atomic E-state index is 12.5. The van der Waals surface area contributed by atoms with Gasteiger partial charge < -0.3 is 14.9 Å². The first-order chi connectivity index (χ1) is 14.0. The molecule has 8 nitrogen and oxygen atoms in total. The van der Waals surface area contributed by atoms with E-state index in [0.717, 1.165) is 6.92 Å². The average molecular weight is 433 g/mol. The first kappa shape index (κ1) is 23.1. The zero-order valence-corrected chi connectivity index (χ0v) is 17.4. The lowest BCUT2D eigenvalue weighted by Gasteiger charge is -2.26. The topological polar surface area (TPSA) is 125 Å². The minimum atomic E-state index is -1.54. The summed E-state index contributed by atoms with van der Waals surface area (Å²) in [6.45, 7) is 4.03. The molecule has 2 rings (SSSR count). The molecule has 1 unspecified atom stereocenters. The van der Waals surface area contributed by atoms with Crippen molar-refractivity contribution in [3.8, 4) is 5.75 Å². The molecular formula is C21H21ClN2O6. The molecule has 0 saturated heterocycles. The van der Waals surface area contributed by atoms with E-state index < -0.39 is 29.3 Å². The molecule has 0 aliphatic carbocycles. The molecule has 2 aromatic carbocycles. The second-order valence-corrected chi connectivity index (χ2v) is 7.36. The lowest BCUT2D eigenvalue weighted by atomic mass is 10.0. The normalized spacial score (nSPS) is 11.9. The quantitative estimate of drug-likeness (QED) is 0.372. The van der Waals surface area contributed by atoms with Crippen LogP contribution in [0.15, 0.2) is 48.5 Å². The Balaban J connectivity index is 2.10. The van der Waals surface area contributed by atoms with E-state index in [4.69, 9.17) is 22.2 Å². The van der Waals surface area contributed by atoms with Crippen molar-refractivity contribution in [2.75, 3.05) is 0 Å². The van der Waals surface area contributed by atoms with Crippen molar-refractivity contribution in [3.63, 3.8) is 0 Å². The number of hydrogen-bond acceptors (Lipinski definition) is 7. The van der Waals surface area contributed by atoms with Crippen LogP contribution in [0.3, 0.4) is 0 Å². The molecule has 30 heavy (non-hydrogen) atoms. The van der Waals surface area contributed by atoms with Gasteiger partial charge in [-0.15, -0.1) is 0 Å². The Kier molecular flexibility index (Phi) is 7.31. The molecule has 158 valence electrons. The zero-order chi connectivity index (χ0) is 22.5. The molecule has 0 heterocycles. The van der Waals surface area contributed by atoms with Crippen LogP contribution in [0.1, 0.15) is 36.7 Å². The molecule has 9 heteroatoms. The summed E-state index contributed by atoms with van der Waals surface area (Å²) in [4.78, 5) is 52.1. The van der Waals surface area contributed by atoms with Crippen molar-refractivity contribution in [1.82, 2.24) is 5.32 Å². The number of amides is 1. The Morgan fingerprint density at radius 1 is 0.967 bits per heavy atom. The molecule has 0 aromatic heterocycles. The van der Waals surface area contributed by atoms with Crippen LogP contribution < -0.4 is 16.0 Å². The Bertz CT molecular complexity index is 954. The van der Waals surface area contributed by atoms with Gasteiger partial charge in [0.1, 0.15) is 5.75 Å². The lowest BCUT2D eigenvalue weighted by Crippen LogP contribution is -2.55. The van der Waals surface area contributed by atoms with E-state index in [1.165, 1.54) is 26.0 Å². The highest BCUT2D eigenvalue weighted by Crippen LogP contribution is 2.21. The molecule has 1 amide bonds. The summed E-state index contributed by atoms with van der Waals surface area (Å²) in [5.41, 5.74) is -0.534. The van der Waals surface area contributed by atoms with Gasteiger partial charge in [-0.1, -0.05) is 11.6 Å². The van der Waals surface area contributed by atoms with E-state index in [0.29, 0.717) is 21.9 Å². The average Bonchev–Trinajstić information content (AvgIpc) is 2.71. The predicted octanol–water partition coefficient (Wildman–Crippen LogP) is 2.22. The van der Waals surface area contributed by atoms with E-state index >= 15 is 0 Å². The van der Waals surface area contributed by atoms with Crippen molar-refractivity contribution in [2.45, 2.75) is 32.4 Å². The molecule has 0 radical (unpaired) electrons. The van der Waals surface area contributed by atoms with E-state index in [-0.39, 0.29) is 5.78 Å². The van der Waals surface area contributed by atoms with E-state index in [2.05, 4.69) is 10.2 Å². The molecule has 0 fully saturated rings. The Morgan fingerprint density at radius 2 is 1.47 bits per heavy atom. The minimum absolute atomic E-state index is 0.195. The number of Topliss-reactive ketones (excluding diaryl/α,β-unsaturated/α-hetero) is 1. The van der Waals surface area contributed by atoms with Gasteiger partial charge in [0.2, 0.25) is 0 Å². The monoisotopic (exact) mass is 432 g/mol. The van der Waals surface area contributed by atoms with Gasteiger partial charge in [-0.25, -0.2) is 4.79 Å². The van der Waals surface area contributed by atoms with Crippen LogP contribution >= 0.6 is 11.6 Å². The number of halogens is 1. The number of benzene rings is 2. The molecule has 0 saturated carbocycles. The van der Waals surface area contributed by atoms with Crippen molar-refractivity contribution in [1.29, 1.82) is 0 Å². The maximum absolute atomic E-state index is 12.5. The van der Waals surface area contributed by atoms with Gasteiger partial charge in [0.05, 0.1) is 0 Å². The van der Waals surface area contributed by atoms with Gasteiger partial charge in [0.15, 0.2) is 23.2 Å². The number of rotatable bonds is 8. The second kappa shape index (κ2) is 9.51. The molecule has 3 N–H and O–H groups in total. The van der Waals surface area contributed by atoms with Crippen LogP contribution in [0, 0.1) is 0 Å². The molecule has 0 aliphatic rings. The highest BCUT2D eigenvalue weighted by Gasteiger charge is 2.35. The summed E-state index contributed by atoms with van der Waals surface area (Å²) in [6, 6.07) is 11.2. The molecule has 0 aliphatic heterocycles. The van der Waals surface area contributed by atoms with Gasteiger partial charge in [-0.3, -0.25) is 14.4 Å². The summed E-state index contributed by atoms with van der Waals surface area (Å²) < 4.78 is 5.68. The number of nitrogens with two attached hydrogens (primary N) is 1. The van der Waals surface area contributed by atoms with Crippen LogP contribution in [0.25, 0.3) is 0 Å². The fraction of sp³-hybridized carbons (Fsp3) is 0.238. The third kappa shape index (κ3) is 5.65. The van der Waals surface area contributed by atoms with Crippen molar-refractivity contribution >= 4 is 35.0 Å². The number of ketones is 2. The number of carbonyl (C=O) groups excluding carboxylic acids is 4. The van der Waals surface area contributed by atoms with Gasteiger partial charge in [0.25, 0.3) is 5.91 Å². The van der Waals surface area contributed by atoms with Crippen LogP contribution in [-0.4, -0.2) is 35.1 Å². The fourth-order valence-electron chi connectivity index (χ4n) is 2.48. The van der Waals surface area contributed by atoms with E-state index in [1.807, 2.05) is 0 Å². The summed E-state index contributed by atoms with van der Waals surface area (Å²) >= 11 is 5.83. The van der Waals surface area contributed by atoms with Gasteiger partial charge in [-0.2, -0.15) is 5.90 Å². The largest absolute Gasteiger partial charge is 0.478 e. The fourth-order valence-corrected chi connectivity index (χ4v) is 2.61. The number of nitrogens with one attached hydrogen (secondary N) is 1. The summed E-state index contributed by atoms with van der Waals surface area (Å²) in [5.74, 6) is 2.45. The van der Waals surface area contributed by atoms with Crippen molar-refractivity contribution in [3.05, 3.63) is 64.7 Å². The molecule has 2 aromatic rings. The zero-order valence-electron chi connectivity index (χ0n) is 16.6. The highest BCUT2D eigenvalue weighted by atomic mass is 35.5. The maximum Gasteiger partial charge on any atom is 0.354 e. The number of ether oxygens (including phenoxy) is 1. The lowest BCUT2D eigenvalue weighted by molar-refractivity contribution is -0.152.